The van der Waals surface area contributed by atoms with Crippen LogP contribution in [0.25, 0.3) is 0 Å². The quantitative estimate of drug-likeness (QED) is 0.591. The van der Waals surface area contributed by atoms with Crippen LogP contribution in [-0.4, -0.2) is 27.2 Å². The first-order valence-electron chi connectivity index (χ1n) is 8.97. The number of methoxy groups -OCH3 is 3. The van der Waals surface area contributed by atoms with Gasteiger partial charge in [0.05, 0.1) is 27.6 Å². The van der Waals surface area contributed by atoms with Crippen LogP contribution in [0.15, 0.2) is 59.2 Å². The molecule has 1 aromatic heterocycles. The van der Waals surface area contributed by atoms with E-state index in [0.717, 1.165) is 11.3 Å². The predicted molar refractivity (Wildman–Crippen MR) is 107 cm³/mol. The maximum Gasteiger partial charge on any atom is 0.287 e. The molecule has 0 unspecified atom stereocenters. The topological polar surface area (TPSA) is 79.2 Å². The van der Waals surface area contributed by atoms with Crippen molar-refractivity contribution in [3.63, 3.8) is 0 Å². The van der Waals surface area contributed by atoms with Crippen molar-refractivity contribution in [3.8, 4) is 23.0 Å². The number of nitrogens with one attached hydrogen (secondary N) is 1. The number of carbonyl (C=O) groups excluding carboxylic acids is 1. The summed E-state index contributed by atoms with van der Waals surface area (Å²) in [5, 5.41) is 2.84. The van der Waals surface area contributed by atoms with Crippen molar-refractivity contribution >= 4 is 5.91 Å². The third-order valence-corrected chi connectivity index (χ3v) is 4.32. The van der Waals surface area contributed by atoms with Gasteiger partial charge in [0.15, 0.2) is 17.3 Å². The van der Waals surface area contributed by atoms with Crippen molar-refractivity contribution < 1.29 is 28.2 Å². The van der Waals surface area contributed by atoms with E-state index in [1.54, 1.807) is 39.5 Å². The van der Waals surface area contributed by atoms with Gasteiger partial charge in [0.2, 0.25) is 0 Å². The van der Waals surface area contributed by atoms with E-state index < -0.39 is 0 Å². The third-order valence-electron chi connectivity index (χ3n) is 4.32. The molecule has 0 aliphatic rings. The second kappa shape index (κ2) is 9.54. The molecule has 0 aliphatic carbocycles. The summed E-state index contributed by atoms with van der Waals surface area (Å²) in [5.74, 6) is 2.25. The molecular weight excluding hydrogens is 374 g/mol. The van der Waals surface area contributed by atoms with Crippen LogP contribution in [0.1, 0.15) is 21.7 Å². The first-order chi connectivity index (χ1) is 14.2. The van der Waals surface area contributed by atoms with Crippen molar-refractivity contribution in [1.82, 2.24) is 5.32 Å². The Kier molecular flexibility index (Phi) is 6.63. The highest BCUT2D eigenvalue weighted by atomic mass is 16.5. The molecule has 7 heteroatoms. The van der Waals surface area contributed by atoms with E-state index in [1.165, 1.54) is 6.26 Å². The molecular formula is C22H23NO6. The second-order valence-electron chi connectivity index (χ2n) is 6.08. The van der Waals surface area contributed by atoms with Gasteiger partial charge in [-0.2, -0.15) is 0 Å². The third kappa shape index (κ3) is 4.82. The van der Waals surface area contributed by atoms with E-state index in [-0.39, 0.29) is 24.8 Å². The lowest BCUT2D eigenvalue weighted by molar-refractivity contribution is 0.0919. The zero-order chi connectivity index (χ0) is 20.6. The van der Waals surface area contributed by atoms with Gasteiger partial charge in [-0.15, -0.1) is 0 Å². The number of carbonyl (C=O) groups is 1. The van der Waals surface area contributed by atoms with Gasteiger partial charge in [-0.25, -0.2) is 0 Å². The van der Waals surface area contributed by atoms with Gasteiger partial charge >= 0.3 is 0 Å². The van der Waals surface area contributed by atoms with E-state index in [9.17, 15) is 4.79 Å². The van der Waals surface area contributed by atoms with E-state index in [2.05, 4.69) is 5.32 Å². The molecule has 0 saturated heterocycles. The molecule has 29 heavy (non-hydrogen) atoms. The fourth-order valence-electron chi connectivity index (χ4n) is 2.81. The van der Waals surface area contributed by atoms with E-state index in [0.29, 0.717) is 22.8 Å². The van der Waals surface area contributed by atoms with Gasteiger partial charge in [-0.1, -0.05) is 18.2 Å². The number of furan rings is 1. The number of amides is 1. The normalized spacial score (nSPS) is 10.3. The molecule has 3 rings (SSSR count). The molecule has 0 aliphatic heterocycles. The van der Waals surface area contributed by atoms with Crippen molar-refractivity contribution in [2.24, 2.45) is 0 Å². The first kappa shape index (κ1) is 20.1. The van der Waals surface area contributed by atoms with Crippen LogP contribution in [0.3, 0.4) is 0 Å². The van der Waals surface area contributed by atoms with Crippen LogP contribution in [0, 0.1) is 0 Å². The Morgan fingerprint density at radius 2 is 1.59 bits per heavy atom. The maximum absolute atomic E-state index is 12.6. The Labute approximate surface area is 169 Å². The maximum atomic E-state index is 12.6. The second-order valence-corrected chi connectivity index (χ2v) is 6.08. The van der Waals surface area contributed by atoms with Crippen molar-refractivity contribution in [3.05, 3.63) is 71.7 Å². The molecule has 1 amide bonds. The van der Waals surface area contributed by atoms with Gasteiger partial charge in [-0.3, -0.25) is 4.79 Å². The Balaban J connectivity index is 1.68. The van der Waals surface area contributed by atoms with Crippen molar-refractivity contribution in [1.29, 1.82) is 0 Å². The van der Waals surface area contributed by atoms with E-state index >= 15 is 0 Å². The molecule has 3 aromatic rings. The fraction of sp³-hybridized carbons (Fsp3) is 0.227. The van der Waals surface area contributed by atoms with Crippen molar-refractivity contribution in [2.75, 3.05) is 21.3 Å². The minimum absolute atomic E-state index is 0.209. The molecule has 1 N–H and O–H groups in total. The van der Waals surface area contributed by atoms with Crippen LogP contribution >= 0.6 is 0 Å². The summed E-state index contributed by atoms with van der Waals surface area (Å²) < 4.78 is 27.1. The molecule has 0 bridgehead atoms. The monoisotopic (exact) mass is 397 g/mol. The highest BCUT2D eigenvalue weighted by Crippen LogP contribution is 2.34. The summed E-state index contributed by atoms with van der Waals surface area (Å²) in [6, 6.07) is 14.6. The lowest BCUT2D eigenvalue weighted by Crippen LogP contribution is -2.24. The van der Waals surface area contributed by atoms with E-state index in [1.807, 2.05) is 30.3 Å². The molecule has 152 valence electrons. The Morgan fingerprint density at radius 3 is 2.28 bits per heavy atom. The molecule has 0 radical (unpaired) electrons. The van der Waals surface area contributed by atoms with E-state index in [4.69, 9.17) is 23.4 Å². The minimum atomic E-state index is -0.349. The first-order valence-corrected chi connectivity index (χ1v) is 8.97. The summed E-state index contributed by atoms with van der Waals surface area (Å²) in [5.41, 5.74) is 1.40. The summed E-state index contributed by atoms with van der Waals surface area (Å²) in [6.45, 7) is 0.449. The highest BCUT2D eigenvalue weighted by molar-refractivity contribution is 5.92. The van der Waals surface area contributed by atoms with Gasteiger partial charge in [0.25, 0.3) is 5.91 Å². The minimum Gasteiger partial charge on any atom is -0.496 e. The van der Waals surface area contributed by atoms with Crippen LogP contribution in [0.2, 0.25) is 0 Å². The lowest BCUT2D eigenvalue weighted by atomic mass is 10.1. The fourth-order valence-corrected chi connectivity index (χ4v) is 2.81. The van der Waals surface area contributed by atoms with Gasteiger partial charge in [-0.05, 0) is 24.3 Å². The number of ether oxygens (including phenoxy) is 4. The SMILES string of the molecule is COc1cc(OC)c(OC)cc1CNC(=O)c1occc1COc1ccccc1. The molecule has 1 heterocycles. The predicted octanol–water partition coefficient (Wildman–Crippen LogP) is 3.81. The number of hydrogen-bond acceptors (Lipinski definition) is 6. The summed E-state index contributed by atoms with van der Waals surface area (Å²) in [6.07, 6.45) is 1.47. The average Bonchev–Trinajstić information content (AvgIpc) is 3.24. The number of para-hydroxylation sites is 1. The zero-order valence-electron chi connectivity index (χ0n) is 16.6. The Morgan fingerprint density at radius 1 is 0.897 bits per heavy atom. The van der Waals surface area contributed by atoms with Gasteiger partial charge < -0.3 is 28.7 Å². The van der Waals surface area contributed by atoms with Gasteiger partial charge in [0, 0.05) is 23.7 Å². The molecule has 0 spiro atoms. The van der Waals surface area contributed by atoms with Crippen molar-refractivity contribution in [2.45, 2.75) is 13.2 Å². The summed E-state index contributed by atoms with van der Waals surface area (Å²) in [7, 11) is 4.65. The summed E-state index contributed by atoms with van der Waals surface area (Å²) in [4.78, 5) is 12.6. The van der Waals surface area contributed by atoms with Crippen LogP contribution in [-0.2, 0) is 13.2 Å². The largest absolute Gasteiger partial charge is 0.496 e. The Hall–Kier alpha value is -3.61. The standard InChI is InChI=1S/C22H23NO6/c1-25-18-12-20(27-3)19(26-2)11-16(18)13-23-22(24)21-15(9-10-28-21)14-29-17-7-5-4-6-8-17/h4-12H,13-14H2,1-3H3,(H,23,24). The van der Waals surface area contributed by atoms with Crippen LogP contribution in [0.4, 0.5) is 0 Å². The van der Waals surface area contributed by atoms with Crippen LogP contribution in [0.5, 0.6) is 23.0 Å². The smallest absolute Gasteiger partial charge is 0.287 e. The number of rotatable bonds is 9. The molecule has 0 saturated carbocycles. The van der Waals surface area contributed by atoms with Crippen LogP contribution < -0.4 is 24.3 Å². The molecule has 2 aromatic carbocycles. The molecule has 0 fully saturated rings. The molecule has 0 atom stereocenters. The average molecular weight is 397 g/mol. The lowest BCUT2D eigenvalue weighted by Gasteiger charge is -2.14. The zero-order valence-corrected chi connectivity index (χ0v) is 16.6. The number of hydrogen-bond donors (Lipinski definition) is 1. The highest BCUT2D eigenvalue weighted by Gasteiger charge is 2.18. The number of benzene rings is 2. The Bertz CT molecular complexity index is 951. The summed E-state index contributed by atoms with van der Waals surface area (Å²) >= 11 is 0. The van der Waals surface area contributed by atoms with Gasteiger partial charge in [0.1, 0.15) is 18.1 Å². The molecule has 7 nitrogen and oxygen atoms in total.